The first-order chi connectivity index (χ1) is 8.31. The molecule has 108 valence electrons. The largest absolute Gasteiger partial charge is 1.00 e. The van der Waals surface area contributed by atoms with E-state index in [1.807, 2.05) is 26.8 Å². The summed E-state index contributed by atoms with van der Waals surface area (Å²) in [6.07, 6.45) is 0. The van der Waals surface area contributed by atoms with Gasteiger partial charge in [0.15, 0.2) is 0 Å². The molecule has 20 heavy (non-hydrogen) atoms. The molecule has 0 atom stereocenters. The molecule has 0 spiro atoms. The summed E-state index contributed by atoms with van der Waals surface area (Å²) in [5, 5.41) is 0. The van der Waals surface area contributed by atoms with E-state index in [1.54, 1.807) is 12.1 Å². The van der Waals surface area contributed by atoms with Crippen molar-refractivity contribution in [2.45, 2.75) is 52.4 Å². The molecule has 4 nitrogen and oxygen atoms in total. The second-order valence-corrected chi connectivity index (χ2v) is 7.69. The van der Waals surface area contributed by atoms with Gasteiger partial charge in [-0.25, -0.2) is 8.42 Å². The Hall–Kier alpha value is -0.0700. The van der Waals surface area contributed by atoms with Crippen molar-refractivity contribution < 1.29 is 46.7 Å². The number of rotatable bonds is 2. The van der Waals surface area contributed by atoms with E-state index < -0.39 is 10.4 Å². The van der Waals surface area contributed by atoms with Gasteiger partial charge in [0.25, 0.3) is 10.4 Å². The molecule has 0 heterocycles. The SMILES string of the molecule is CC(C)(C)c1ccc(OS(=O)(=O)[O-])c(C(C)(C)C)c1.[Na+]. The number of hydrogen-bond donors (Lipinski definition) is 0. The minimum Gasteiger partial charge on any atom is -0.716 e. The van der Waals surface area contributed by atoms with Crippen molar-refractivity contribution in [3.8, 4) is 5.75 Å². The van der Waals surface area contributed by atoms with Crippen LogP contribution in [-0.2, 0) is 21.2 Å². The fourth-order valence-electron chi connectivity index (χ4n) is 1.77. The van der Waals surface area contributed by atoms with Crippen molar-refractivity contribution in [3.05, 3.63) is 29.3 Å². The molecule has 0 bridgehead atoms. The van der Waals surface area contributed by atoms with E-state index >= 15 is 0 Å². The van der Waals surface area contributed by atoms with Gasteiger partial charge in [-0.3, -0.25) is 0 Å². The Bertz CT molecular complexity index is 566. The van der Waals surface area contributed by atoms with Gasteiger partial charge in [0.2, 0.25) is 0 Å². The Morgan fingerprint density at radius 2 is 1.50 bits per heavy atom. The summed E-state index contributed by atoms with van der Waals surface area (Å²) in [4.78, 5) is 0. The van der Waals surface area contributed by atoms with Crippen LogP contribution in [0.4, 0.5) is 0 Å². The van der Waals surface area contributed by atoms with Gasteiger partial charge in [0.05, 0.1) is 0 Å². The van der Waals surface area contributed by atoms with Crippen LogP contribution in [0.5, 0.6) is 5.75 Å². The molecule has 0 aliphatic carbocycles. The fourth-order valence-corrected chi connectivity index (χ4v) is 2.13. The van der Waals surface area contributed by atoms with E-state index in [-0.39, 0.29) is 46.1 Å². The first-order valence-corrected chi connectivity index (χ1v) is 7.44. The molecule has 6 heteroatoms. The fraction of sp³-hybridized carbons (Fsp3) is 0.571. The Morgan fingerprint density at radius 3 is 1.85 bits per heavy atom. The van der Waals surface area contributed by atoms with Crippen LogP contribution in [0.15, 0.2) is 18.2 Å². The van der Waals surface area contributed by atoms with Crippen molar-refractivity contribution in [2.75, 3.05) is 0 Å². The van der Waals surface area contributed by atoms with E-state index in [9.17, 15) is 13.0 Å². The van der Waals surface area contributed by atoms with Crippen molar-refractivity contribution in [2.24, 2.45) is 0 Å². The van der Waals surface area contributed by atoms with Gasteiger partial charge in [-0.1, -0.05) is 53.7 Å². The van der Waals surface area contributed by atoms with Gasteiger partial charge in [-0.15, -0.1) is 0 Å². The molecule has 0 N–H and O–H groups in total. The Labute approximate surface area is 144 Å². The van der Waals surface area contributed by atoms with Gasteiger partial charge in [-0.05, 0) is 22.5 Å². The molecule has 0 unspecified atom stereocenters. The maximum atomic E-state index is 10.8. The minimum absolute atomic E-state index is 0. The van der Waals surface area contributed by atoms with Crippen LogP contribution in [0.25, 0.3) is 0 Å². The molecular weight excluding hydrogens is 287 g/mol. The second-order valence-electron chi connectivity index (χ2n) is 6.70. The van der Waals surface area contributed by atoms with E-state index in [1.165, 1.54) is 0 Å². The van der Waals surface area contributed by atoms with Crippen molar-refractivity contribution in [1.82, 2.24) is 0 Å². The van der Waals surface area contributed by atoms with Gasteiger partial charge in [0, 0.05) is 5.56 Å². The minimum atomic E-state index is -4.76. The molecule has 0 fully saturated rings. The van der Waals surface area contributed by atoms with Crippen LogP contribution < -0.4 is 33.7 Å². The first kappa shape index (κ1) is 19.9. The molecule has 0 saturated carbocycles. The van der Waals surface area contributed by atoms with Gasteiger partial charge in [-0.2, -0.15) is 0 Å². The third kappa shape index (κ3) is 5.74. The van der Waals surface area contributed by atoms with Crippen LogP contribution >= 0.6 is 0 Å². The normalized spacial score (nSPS) is 12.8. The molecule has 1 aromatic rings. The average Bonchev–Trinajstić information content (AvgIpc) is 2.11. The van der Waals surface area contributed by atoms with Crippen molar-refractivity contribution in [1.29, 1.82) is 0 Å². The van der Waals surface area contributed by atoms with E-state index in [2.05, 4.69) is 25.0 Å². The summed E-state index contributed by atoms with van der Waals surface area (Å²) in [6.45, 7) is 12.0. The molecule has 0 amide bonds. The Morgan fingerprint density at radius 1 is 1.00 bits per heavy atom. The third-order valence-corrected chi connectivity index (χ3v) is 3.23. The topological polar surface area (TPSA) is 66.4 Å². The van der Waals surface area contributed by atoms with Crippen LogP contribution in [0.3, 0.4) is 0 Å². The molecule has 0 aromatic heterocycles. The molecular formula is C14H21NaO4S. The van der Waals surface area contributed by atoms with Crippen LogP contribution in [-0.4, -0.2) is 13.0 Å². The van der Waals surface area contributed by atoms with Crippen molar-refractivity contribution >= 4 is 10.4 Å². The summed E-state index contributed by atoms with van der Waals surface area (Å²) >= 11 is 0. The smallest absolute Gasteiger partial charge is 0.716 e. The van der Waals surface area contributed by atoms with Crippen LogP contribution in [0.2, 0.25) is 0 Å². The zero-order chi connectivity index (χ0) is 15.1. The Balaban J connectivity index is 0.00000361. The molecule has 0 saturated heterocycles. The molecule has 1 aromatic carbocycles. The zero-order valence-electron chi connectivity index (χ0n) is 13.3. The van der Waals surface area contributed by atoms with E-state index in [0.29, 0.717) is 5.56 Å². The summed E-state index contributed by atoms with van der Waals surface area (Å²) < 4.78 is 36.9. The third-order valence-electron chi connectivity index (χ3n) is 2.85. The summed E-state index contributed by atoms with van der Waals surface area (Å²) in [5.74, 6) is 0.107. The maximum absolute atomic E-state index is 10.8. The Kier molecular flexibility index (Phi) is 6.34. The number of benzene rings is 1. The predicted octanol–water partition coefficient (Wildman–Crippen LogP) is 0.125. The van der Waals surface area contributed by atoms with Gasteiger partial charge < -0.3 is 8.74 Å². The quantitative estimate of drug-likeness (QED) is 0.442. The molecule has 0 aliphatic heterocycles. The predicted molar refractivity (Wildman–Crippen MR) is 74.2 cm³/mol. The van der Waals surface area contributed by atoms with Crippen LogP contribution in [0.1, 0.15) is 52.7 Å². The standard InChI is InChI=1S/C14H22O4S.Na/c1-13(2,3)10-7-8-12(18-19(15,16)17)11(9-10)14(4,5)6;/h7-9H,1-6H3,(H,15,16,17);/q;+1/p-1. The van der Waals surface area contributed by atoms with E-state index in [0.717, 1.165) is 5.56 Å². The summed E-state index contributed by atoms with van der Waals surface area (Å²) in [7, 11) is -4.76. The first-order valence-electron chi connectivity index (χ1n) is 6.11. The molecule has 0 aliphatic rings. The van der Waals surface area contributed by atoms with E-state index in [4.69, 9.17) is 0 Å². The average molecular weight is 308 g/mol. The van der Waals surface area contributed by atoms with Gasteiger partial charge >= 0.3 is 29.6 Å². The molecule has 1 rings (SSSR count). The summed E-state index contributed by atoms with van der Waals surface area (Å²) in [6, 6.07) is 5.24. The maximum Gasteiger partial charge on any atom is 1.00 e. The zero-order valence-corrected chi connectivity index (χ0v) is 16.1. The number of hydrogen-bond acceptors (Lipinski definition) is 4. The van der Waals surface area contributed by atoms with Crippen molar-refractivity contribution in [3.63, 3.8) is 0 Å². The monoisotopic (exact) mass is 308 g/mol. The van der Waals surface area contributed by atoms with Gasteiger partial charge in [0.1, 0.15) is 5.75 Å². The second kappa shape index (κ2) is 6.36. The summed E-state index contributed by atoms with van der Waals surface area (Å²) in [5.41, 5.74) is 1.39. The van der Waals surface area contributed by atoms with Crippen LogP contribution in [0, 0.1) is 0 Å². The molecule has 0 radical (unpaired) electrons.